The van der Waals surface area contributed by atoms with E-state index >= 15 is 0 Å². The van der Waals surface area contributed by atoms with Gasteiger partial charge in [0.2, 0.25) is 0 Å². The summed E-state index contributed by atoms with van der Waals surface area (Å²) in [5.74, 6) is 0. The minimum atomic E-state index is -3.75. The predicted molar refractivity (Wildman–Crippen MR) is 83.7 cm³/mol. The van der Waals surface area contributed by atoms with Crippen LogP contribution in [0.3, 0.4) is 0 Å². The summed E-state index contributed by atoms with van der Waals surface area (Å²) in [7, 11) is -3.75. The van der Waals surface area contributed by atoms with Crippen LogP contribution >= 0.6 is 0 Å². The number of pyridine rings is 1. The zero-order valence-corrected chi connectivity index (χ0v) is 13.9. The molecule has 1 aromatic heterocycles. The molecule has 2 N–H and O–H groups in total. The van der Waals surface area contributed by atoms with Crippen molar-refractivity contribution in [3.8, 4) is 0 Å². The van der Waals surface area contributed by atoms with Gasteiger partial charge in [0.1, 0.15) is 0 Å². The average molecular weight is 315 g/mol. The summed E-state index contributed by atoms with van der Waals surface area (Å²) in [4.78, 5) is 4.03. The fourth-order valence-electron chi connectivity index (χ4n) is 1.91. The summed E-state index contributed by atoms with van der Waals surface area (Å²) in [5.41, 5.74) is -0.608. The predicted octanol–water partition coefficient (Wildman–Crippen LogP) is 1.68. The van der Waals surface area contributed by atoms with Crippen LogP contribution in [0, 0.1) is 0 Å². The summed E-state index contributed by atoms with van der Waals surface area (Å²) in [6, 6.07) is 3.40. The number of aromatic nitrogens is 1. The number of anilines is 1. The average Bonchev–Trinajstić information content (AvgIpc) is 2.41. The lowest BCUT2D eigenvalue weighted by Crippen LogP contribution is -2.42. The van der Waals surface area contributed by atoms with E-state index in [1.165, 1.54) is 10.5 Å². The Morgan fingerprint density at radius 1 is 1.38 bits per heavy atom. The molecule has 0 fully saturated rings. The summed E-state index contributed by atoms with van der Waals surface area (Å²) in [5, 5.41) is 13.0. The number of aliphatic hydroxyl groups is 1. The van der Waals surface area contributed by atoms with Crippen molar-refractivity contribution in [3.05, 3.63) is 18.3 Å². The molecule has 1 rings (SSSR count). The van der Waals surface area contributed by atoms with E-state index in [4.69, 9.17) is 0 Å². The van der Waals surface area contributed by atoms with Gasteiger partial charge >= 0.3 is 0 Å². The molecular weight excluding hydrogens is 290 g/mol. The quantitative estimate of drug-likeness (QED) is 0.763. The second kappa shape index (κ2) is 7.20. The molecule has 0 amide bonds. The Morgan fingerprint density at radius 2 is 2.05 bits per heavy atom. The molecule has 0 aliphatic rings. The van der Waals surface area contributed by atoms with E-state index in [0.717, 1.165) is 6.42 Å². The van der Waals surface area contributed by atoms with Crippen molar-refractivity contribution in [1.29, 1.82) is 0 Å². The van der Waals surface area contributed by atoms with E-state index in [0.29, 0.717) is 12.2 Å². The molecule has 0 saturated carbocycles. The number of likely N-dealkylation sites (N-methyl/N-ethyl adjacent to an activating group) is 1. The highest BCUT2D eigenvalue weighted by atomic mass is 32.2. The zero-order chi connectivity index (χ0) is 16.1. The molecular formula is C14H25N3O3S. The molecule has 6 nitrogen and oxygen atoms in total. The van der Waals surface area contributed by atoms with Crippen molar-refractivity contribution in [3.63, 3.8) is 0 Å². The van der Waals surface area contributed by atoms with Crippen LogP contribution in [0.2, 0.25) is 0 Å². The first-order valence-corrected chi connectivity index (χ1v) is 8.57. The molecule has 7 heteroatoms. The first kappa shape index (κ1) is 17.9. The number of hydrogen-bond acceptors (Lipinski definition) is 5. The molecule has 1 heterocycles. The maximum atomic E-state index is 12.7. The zero-order valence-electron chi connectivity index (χ0n) is 13.1. The lowest BCUT2D eigenvalue weighted by molar-refractivity contribution is 0.0601. The highest BCUT2D eigenvalue weighted by molar-refractivity contribution is 7.89. The second-order valence-electron chi connectivity index (χ2n) is 5.53. The van der Waals surface area contributed by atoms with E-state index in [9.17, 15) is 13.5 Å². The Balaban J connectivity index is 3.16. The van der Waals surface area contributed by atoms with Crippen molar-refractivity contribution < 1.29 is 13.5 Å². The van der Waals surface area contributed by atoms with Crippen LogP contribution in [-0.4, -0.2) is 48.0 Å². The van der Waals surface area contributed by atoms with E-state index in [1.54, 1.807) is 32.9 Å². The minimum absolute atomic E-state index is 0.00421. The molecule has 0 aromatic carbocycles. The van der Waals surface area contributed by atoms with Gasteiger partial charge in [0.15, 0.2) is 5.03 Å². The van der Waals surface area contributed by atoms with Crippen LogP contribution in [0.5, 0.6) is 0 Å². The van der Waals surface area contributed by atoms with Crippen LogP contribution in [-0.2, 0) is 10.0 Å². The van der Waals surface area contributed by atoms with E-state index in [1.807, 2.05) is 6.92 Å². The fraction of sp³-hybridized carbons (Fsp3) is 0.643. The lowest BCUT2D eigenvalue weighted by atomic mass is 10.1. The lowest BCUT2D eigenvalue weighted by Gasteiger charge is -2.27. The third-order valence-electron chi connectivity index (χ3n) is 2.84. The standard InChI is InChI=1S/C14H25N3O3S/c1-5-9-15-12-8-7-10-16-13(12)21(19,20)17(6-2)11-14(3,4)18/h7-8,10,15,18H,5-6,9,11H2,1-4H3. The molecule has 0 saturated heterocycles. The van der Waals surface area contributed by atoms with Crippen molar-refractivity contribution in [2.24, 2.45) is 0 Å². The van der Waals surface area contributed by atoms with E-state index in [-0.39, 0.29) is 18.1 Å². The monoisotopic (exact) mass is 315 g/mol. The molecule has 0 atom stereocenters. The normalized spacial score (nSPS) is 12.7. The smallest absolute Gasteiger partial charge is 0.262 e. The van der Waals surface area contributed by atoms with Crippen molar-refractivity contribution in [1.82, 2.24) is 9.29 Å². The van der Waals surface area contributed by atoms with Gasteiger partial charge in [-0.1, -0.05) is 13.8 Å². The molecule has 0 spiro atoms. The number of hydrogen-bond donors (Lipinski definition) is 2. The highest BCUT2D eigenvalue weighted by Gasteiger charge is 2.31. The van der Waals surface area contributed by atoms with Crippen molar-refractivity contribution in [2.45, 2.75) is 44.7 Å². The van der Waals surface area contributed by atoms with E-state index in [2.05, 4.69) is 10.3 Å². The molecule has 120 valence electrons. The number of nitrogens with zero attached hydrogens (tertiary/aromatic N) is 2. The van der Waals surface area contributed by atoms with Gasteiger partial charge in [0.25, 0.3) is 10.0 Å². The third kappa shape index (κ3) is 4.94. The Morgan fingerprint density at radius 3 is 2.57 bits per heavy atom. The fourth-order valence-corrected chi connectivity index (χ4v) is 3.59. The summed E-state index contributed by atoms with van der Waals surface area (Å²) < 4.78 is 26.7. The molecule has 0 aliphatic carbocycles. The Hall–Kier alpha value is -1.18. The van der Waals surface area contributed by atoms with Gasteiger partial charge in [-0.25, -0.2) is 13.4 Å². The largest absolute Gasteiger partial charge is 0.389 e. The molecule has 0 bridgehead atoms. The van der Waals surface area contributed by atoms with Crippen molar-refractivity contribution >= 4 is 15.7 Å². The van der Waals surface area contributed by atoms with Gasteiger partial charge in [0, 0.05) is 25.8 Å². The number of nitrogens with one attached hydrogen (secondary N) is 1. The van der Waals surface area contributed by atoms with Gasteiger partial charge in [-0.15, -0.1) is 0 Å². The van der Waals surface area contributed by atoms with Crippen LogP contribution < -0.4 is 5.32 Å². The minimum Gasteiger partial charge on any atom is -0.389 e. The first-order chi connectivity index (χ1) is 9.72. The first-order valence-electron chi connectivity index (χ1n) is 7.13. The third-order valence-corrected chi connectivity index (χ3v) is 4.72. The molecule has 0 unspecified atom stereocenters. The maximum absolute atomic E-state index is 12.7. The van der Waals surface area contributed by atoms with Gasteiger partial charge in [-0.3, -0.25) is 0 Å². The van der Waals surface area contributed by atoms with Crippen LogP contribution in [0.1, 0.15) is 34.1 Å². The number of rotatable bonds is 8. The van der Waals surface area contributed by atoms with Crippen LogP contribution in [0.25, 0.3) is 0 Å². The highest BCUT2D eigenvalue weighted by Crippen LogP contribution is 2.23. The van der Waals surface area contributed by atoms with Crippen LogP contribution in [0.15, 0.2) is 23.4 Å². The van der Waals surface area contributed by atoms with Gasteiger partial charge in [0.05, 0.1) is 11.3 Å². The van der Waals surface area contributed by atoms with Crippen LogP contribution in [0.4, 0.5) is 5.69 Å². The van der Waals surface area contributed by atoms with Crippen molar-refractivity contribution in [2.75, 3.05) is 25.0 Å². The Kier molecular flexibility index (Phi) is 6.12. The Bertz CT molecular complexity index is 553. The molecule has 0 radical (unpaired) electrons. The topological polar surface area (TPSA) is 82.5 Å². The van der Waals surface area contributed by atoms with E-state index < -0.39 is 15.6 Å². The maximum Gasteiger partial charge on any atom is 0.262 e. The summed E-state index contributed by atoms with van der Waals surface area (Å²) in [6.45, 7) is 7.88. The van der Waals surface area contributed by atoms with Gasteiger partial charge in [-0.05, 0) is 32.4 Å². The summed E-state index contributed by atoms with van der Waals surface area (Å²) in [6.07, 6.45) is 2.34. The van der Waals surface area contributed by atoms with Gasteiger partial charge < -0.3 is 10.4 Å². The number of sulfonamides is 1. The molecule has 1 aromatic rings. The van der Waals surface area contributed by atoms with Gasteiger partial charge in [-0.2, -0.15) is 4.31 Å². The molecule has 21 heavy (non-hydrogen) atoms. The summed E-state index contributed by atoms with van der Waals surface area (Å²) >= 11 is 0. The second-order valence-corrected chi connectivity index (χ2v) is 7.38. The SMILES string of the molecule is CCCNc1cccnc1S(=O)(=O)N(CC)CC(C)(C)O. The molecule has 0 aliphatic heterocycles. The Labute approximate surface area is 127 Å².